The molecule has 1 aromatic heterocycles. The third kappa shape index (κ3) is 6.14. The Morgan fingerprint density at radius 1 is 0.545 bits per heavy atom. The van der Waals surface area contributed by atoms with E-state index in [9.17, 15) is 0 Å². The Balaban J connectivity index is 1.07. The summed E-state index contributed by atoms with van der Waals surface area (Å²) in [5, 5.41) is 4.84. The summed E-state index contributed by atoms with van der Waals surface area (Å²) in [6, 6.07) is 57.2. The van der Waals surface area contributed by atoms with Crippen molar-refractivity contribution in [2.45, 2.75) is 18.9 Å². The molecular formula is C52H39N3. The molecule has 0 amide bonds. The van der Waals surface area contributed by atoms with Crippen LogP contribution >= 0.6 is 0 Å². The van der Waals surface area contributed by atoms with Crippen molar-refractivity contribution in [2.75, 3.05) is 7.05 Å². The number of allylic oxidation sites excluding steroid dienone is 1. The third-order valence-corrected chi connectivity index (χ3v) is 11.3. The van der Waals surface area contributed by atoms with Crippen LogP contribution in [0.15, 0.2) is 187 Å². The molecule has 2 aliphatic rings. The van der Waals surface area contributed by atoms with E-state index in [-0.39, 0.29) is 6.04 Å². The molecule has 55 heavy (non-hydrogen) atoms. The van der Waals surface area contributed by atoms with Crippen LogP contribution in [0.25, 0.3) is 66.7 Å². The molecule has 0 saturated carbocycles. The Bertz CT molecular complexity index is 2830. The van der Waals surface area contributed by atoms with Crippen molar-refractivity contribution in [1.29, 1.82) is 0 Å². The number of aromatic nitrogens is 1. The van der Waals surface area contributed by atoms with E-state index >= 15 is 0 Å². The first kappa shape index (κ1) is 32.8. The van der Waals surface area contributed by atoms with E-state index in [1.165, 1.54) is 55.1 Å². The number of likely N-dealkylation sites (N-methyl/N-ethyl adjacent to an activating group) is 1. The molecule has 8 aromatic rings. The Hall–Kier alpha value is -6.84. The van der Waals surface area contributed by atoms with Crippen molar-refractivity contribution >= 4 is 39.2 Å². The second-order valence-electron chi connectivity index (χ2n) is 14.6. The van der Waals surface area contributed by atoms with Crippen molar-refractivity contribution < 1.29 is 0 Å². The zero-order valence-electron chi connectivity index (χ0n) is 30.7. The van der Waals surface area contributed by atoms with Crippen molar-refractivity contribution in [1.82, 2.24) is 9.88 Å². The smallest absolute Gasteiger partial charge is 0.137 e. The van der Waals surface area contributed by atoms with E-state index < -0.39 is 0 Å². The van der Waals surface area contributed by atoms with Crippen molar-refractivity contribution in [3.8, 4) is 33.4 Å². The van der Waals surface area contributed by atoms with Crippen LogP contribution < -0.4 is 0 Å². The number of fused-ring (bicyclic) bond motifs is 3. The standard InChI is InChI=1S/C52H39N3/c1-55-51(43-18-9-17-42(31-43)47-22-10-15-36-12-4-6-20-46(36)47)32-50(38-26-24-37(25-27-38)49-34-53-33-45-14-5-7-21-48(45)49)54-52(55)44-19-8-16-40(30-44)41-28-23-35-11-2-3-13-39(35)29-41/h3-10,12-34,51H,2,11H2,1H3. The zero-order chi connectivity index (χ0) is 36.7. The second kappa shape index (κ2) is 13.9. The lowest BCUT2D eigenvalue weighted by molar-refractivity contribution is 0.435. The molecule has 0 N–H and O–H groups in total. The first-order valence-corrected chi connectivity index (χ1v) is 19.1. The summed E-state index contributed by atoms with van der Waals surface area (Å²) in [6.07, 6.45) is 13.0. The largest absolute Gasteiger partial charge is 0.349 e. The van der Waals surface area contributed by atoms with Gasteiger partial charge in [-0.05, 0) is 103 Å². The van der Waals surface area contributed by atoms with Crippen LogP contribution in [0.1, 0.15) is 40.3 Å². The fraction of sp³-hybridized carbons (Fsp3) is 0.0769. The predicted molar refractivity (Wildman–Crippen MR) is 231 cm³/mol. The number of aliphatic imine (C=N–C) groups is 1. The van der Waals surface area contributed by atoms with Crippen LogP contribution in [0.5, 0.6) is 0 Å². The quantitative estimate of drug-likeness (QED) is 0.172. The van der Waals surface area contributed by atoms with Gasteiger partial charge >= 0.3 is 0 Å². The normalized spacial score (nSPS) is 15.1. The lowest BCUT2D eigenvalue weighted by Gasteiger charge is -2.34. The number of hydrogen-bond acceptors (Lipinski definition) is 3. The zero-order valence-corrected chi connectivity index (χ0v) is 30.7. The molecule has 0 spiro atoms. The van der Waals surface area contributed by atoms with Crippen LogP contribution in [-0.2, 0) is 6.42 Å². The van der Waals surface area contributed by atoms with Gasteiger partial charge in [0, 0.05) is 36.0 Å². The van der Waals surface area contributed by atoms with E-state index in [0.717, 1.165) is 52.0 Å². The molecule has 3 heteroatoms. The highest BCUT2D eigenvalue weighted by Gasteiger charge is 2.26. The summed E-state index contributed by atoms with van der Waals surface area (Å²) in [7, 11) is 2.17. The van der Waals surface area contributed by atoms with Gasteiger partial charge in [-0.25, -0.2) is 4.99 Å². The Morgan fingerprint density at radius 3 is 2.13 bits per heavy atom. The Morgan fingerprint density at radius 2 is 1.24 bits per heavy atom. The Labute approximate surface area is 322 Å². The molecule has 7 aromatic carbocycles. The lowest BCUT2D eigenvalue weighted by Crippen LogP contribution is -2.33. The van der Waals surface area contributed by atoms with Gasteiger partial charge in [-0.3, -0.25) is 4.98 Å². The molecule has 0 radical (unpaired) electrons. The topological polar surface area (TPSA) is 28.5 Å². The van der Waals surface area contributed by atoms with Crippen LogP contribution in [0, 0.1) is 0 Å². The maximum atomic E-state index is 5.44. The predicted octanol–water partition coefficient (Wildman–Crippen LogP) is 12.8. The van der Waals surface area contributed by atoms with Gasteiger partial charge in [-0.1, -0.05) is 152 Å². The van der Waals surface area contributed by atoms with E-state index in [4.69, 9.17) is 4.99 Å². The summed E-state index contributed by atoms with van der Waals surface area (Å²) < 4.78 is 0. The number of benzene rings is 7. The molecule has 1 aliphatic heterocycles. The van der Waals surface area contributed by atoms with E-state index in [1.807, 2.05) is 12.4 Å². The minimum absolute atomic E-state index is 0.0445. The van der Waals surface area contributed by atoms with E-state index in [2.05, 4.69) is 193 Å². The molecule has 0 bridgehead atoms. The highest BCUT2D eigenvalue weighted by Crippen LogP contribution is 2.38. The highest BCUT2D eigenvalue weighted by atomic mass is 15.2. The number of rotatable bonds is 6. The summed E-state index contributed by atoms with van der Waals surface area (Å²) in [6.45, 7) is 0. The van der Waals surface area contributed by atoms with Gasteiger partial charge in [0.1, 0.15) is 5.84 Å². The van der Waals surface area contributed by atoms with Gasteiger partial charge in [0.2, 0.25) is 0 Å². The molecule has 0 saturated heterocycles. The maximum absolute atomic E-state index is 5.44. The monoisotopic (exact) mass is 705 g/mol. The SMILES string of the molecule is CN1C(c2cccc(-c3ccc4c(c3)C=CCC4)c2)=NC(c2ccc(-c3cncc4ccccc34)cc2)=CC1c1cccc(-c2cccc3ccccc23)c1. The van der Waals surface area contributed by atoms with Gasteiger partial charge in [0.05, 0.1) is 11.7 Å². The van der Waals surface area contributed by atoms with Crippen LogP contribution in [0.3, 0.4) is 0 Å². The van der Waals surface area contributed by atoms with Crippen LogP contribution in [0.4, 0.5) is 0 Å². The summed E-state index contributed by atoms with van der Waals surface area (Å²) in [4.78, 5) is 12.3. The second-order valence-corrected chi connectivity index (χ2v) is 14.6. The summed E-state index contributed by atoms with van der Waals surface area (Å²) in [5.74, 6) is 0.945. The summed E-state index contributed by atoms with van der Waals surface area (Å²) in [5.41, 5.74) is 14.2. The minimum Gasteiger partial charge on any atom is -0.349 e. The number of hydrogen-bond donors (Lipinski definition) is 0. The maximum Gasteiger partial charge on any atom is 0.137 e. The van der Waals surface area contributed by atoms with Crippen molar-refractivity contribution in [3.05, 3.63) is 210 Å². The first-order valence-electron chi connectivity index (χ1n) is 19.1. The van der Waals surface area contributed by atoms with E-state index in [0.29, 0.717) is 0 Å². The molecule has 0 fully saturated rings. The number of aryl methyl sites for hydroxylation is 1. The average molecular weight is 706 g/mol. The van der Waals surface area contributed by atoms with Crippen molar-refractivity contribution in [2.24, 2.45) is 4.99 Å². The third-order valence-electron chi connectivity index (χ3n) is 11.3. The lowest BCUT2D eigenvalue weighted by atomic mass is 9.92. The van der Waals surface area contributed by atoms with Gasteiger partial charge < -0.3 is 4.90 Å². The van der Waals surface area contributed by atoms with E-state index in [1.54, 1.807) is 0 Å². The number of pyridine rings is 1. The number of nitrogens with zero attached hydrogens (tertiary/aromatic N) is 3. The molecule has 1 aliphatic carbocycles. The first-order chi connectivity index (χ1) is 27.2. The minimum atomic E-state index is -0.0445. The average Bonchev–Trinajstić information content (AvgIpc) is 3.26. The molecule has 2 heterocycles. The van der Waals surface area contributed by atoms with Gasteiger partial charge in [0.15, 0.2) is 0 Å². The molecular weight excluding hydrogens is 667 g/mol. The Kier molecular flexibility index (Phi) is 8.26. The van der Waals surface area contributed by atoms with Crippen molar-refractivity contribution in [3.63, 3.8) is 0 Å². The molecule has 1 unspecified atom stereocenters. The molecule has 3 nitrogen and oxygen atoms in total. The fourth-order valence-corrected chi connectivity index (χ4v) is 8.35. The van der Waals surface area contributed by atoms with Gasteiger partial charge in [0.25, 0.3) is 0 Å². The molecule has 262 valence electrons. The summed E-state index contributed by atoms with van der Waals surface area (Å²) >= 11 is 0. The fourth-order valence-electron chi connectivity index (χ4n) is 8.35. The van der Waals surface area contributed by atoms with Gasteiger partial charge in [-0.15, -0.1) is 0 Å². The van der Waals surface area contributed by atoms with Crippen LogP contribution in [0.2, 0.25) is 0 Å². The molecule has 10 rings (SSSR count). The number of amidine groups is 1. The van der Waals surface area contributed by atoms with Gasteiger partial charge in [-0.2, -0.15) is 0 Å². The van der Waals surface area contributed by atoms with Crippen LogP contribution in [-0.4, -0.2) is 22.8 Å². The molecule has 1 atom stereocenters. The highest BCUT2D eigenvalue weighted by molar-refractivity contribution is 6.04.